The van der Waals surface area contributed by atoms with Crippen molar-refractivity contribution in [3.8, 4) is 0 Å². The van der Waals surface area contributed by atoms with Gasteiger partial charge in [-0.25, -0.2) is 0 Å². The molecule has 2 aromatic rings. The Bertz CT molecular complexity index is 668. The molecule has 1 saturated heterocycles. The maximum atomic E-state index is 3.52. The van der Waals surface area contributed by atoms with Crippen molar-refractivity contribution in [2.45, 2.75) is 43.0 Å². The van der Waals surface area contributed by atoms with Gasteiger partial charge in [-0.2, -0.15) is 0 Å². The minimum Gasteiger partial charge on any atom is -0.299 e. The molecule has 1 fully saturated rings. The zero-order chi connectivity index (χ0) is 15.7. The lowest BCUT2D eigenvalue weighted by atomic mass is 9.74. The van der Waals surface area contributed by atoms with E-state index in [0.29, 0.717) is 5.41 Å². The van der Waals surface area contributed by atoms with Gasteiger partial charge in [-0.1, -0.05) is 64.5 Å². The molecule has 0 N–H and O–H groups in total. The first kappa shape index (κ1) is 15.4. The van der Waals surface area contributed by atoms with Crippen LogP contribution >= 0.6 is 15.9 Å². The summed E-state index contributed by atoms with van der Waals surface area (Å²) >= 11 is 3.52. The summed E-state index contributed by atoms with van der Waals surface area (Å²) in [5.41, 5.74) is 6.53. The molecule has 0 unspecified atom stereocenters. The van der Waals surface area contributed by atoms with Gasteiger partial charge in [-0.3, -0.25) is 4.90 Å². The summed E-state index contributed by atoms with van der Waals surface area (Å²) in [5, 5.41) is 0.943. The van der Waals surface area contributed by atoms with Crippen LogP contribution in [0.5, 0.6) is 0 Å². The van der Waals surface area contributed by atoms with Crippen LogP contribution < -0.4 is 0 Å². The van der Waals surface area contributed by atoms with Crippen molar-refractivity contribution in [2.75, 3.05) is 13.1 Å². The van der Waals surface area contributed by atoms with Crippen LogP contribution in [0.1, 0.15) is 41.5 Å². The van der Waals surface area contributed by atoms with Gasteiger partial charge in [0.25, 0.3) is 0 Å². The van der Waals surface area contributed by atoms with Gasteiger partial charge in [-0.05, 0) is 66.4 Å². The minimum absolute atomic E-state index is 0.479. The first-order valence-corrected chi connectivity index (χ1v) is 9.86. The third-order valence-electron chi connectivity index (χ3n) is 5.86. The van der Waals surface area contributed by atoms with Gasteiger partial charge in [0.1, 0.15) is 0 Å². The van der Waals surface area contributed by atoms with Crippen LogP contribution in [0.15, 0.2) is 48.5 Å². The van der Waals surface area contributed by atoms with Gasteiger partial charge in [-0.15, -0.1) is 0 Å². The van der Waals surface area contributed by atoms with Crippen LogP contribution in [-0.4, -0.2) is 18.0 Å². The maximum absolute atomic E-state index is 3.52. The predicted octanol–water partition coefficient (Wildman–Crippen LogP) is 5.06. The molecule has 4 rings (SSSR count). The lowest BCUT2D eigenvalue weighted by Crippen LogP contribution is -2.41. The second-order valence-corrected chi connectivity index (χ2v) is 7.72. The molecule has 2 aliphatic rings. The van der Waals surface area contributed by atoms with Gasteiger partial charge in [0.15, 0.2) is 0 Å². The van der Waals surface area contributed by atoms with E-state index in [9.17, 15) is 0 Å². The maximum Gasteiger partial charge on any atom is 0.0283 e. The zero-order valence-electron chi connectivity index (χ0n) is 13.6. The first-order valence-electron chi connectivity index (χ1n) is 8.74. The molecule has 0 aromatic heterocycles. The lowest BCUT2D eigenvalue weighted by Gasteiger charge is -2.40. The average Bonchev–Trinajstić information content (AvgIpc) is 2.97. The number of hydrogen-bond donors (Lipinski definition) is 0. The van der Waals surface area contributed by atoms with E-state index in [4.69, 9.17) is 0 Å². The van der Waals surface area contributed by atoms with Crippen molar-refractivity contribution in [1.82, 2.24) is 4.90 Å². The Kier molecular flexibility index (Phi) is 4.29. The summed E-state index contributed by atoms with van der Waals surface area (Å²) in [6.45, 7) is 3.56. The highest BCUT2D eigenvalue weighted by Crippen LogP contribution is 2.46. The number of benzene rings is 2. The number of likely N-dealkylation sites (tertiary alicyclic amines) is 1. The third kappa shape index (κ3) is 2.99. The van der Waals surface area contributed by atoms with E-state index in [2.05, 4.69) is 69.4 Å². The number of fused-ring (bicyclic) bond motifs is 2. The molecule has 0 bridgehead atoms. The van der Waals surface area contributed by atoms with Crippen molar-refractivity contribution in [1.29, 1.82) is 0 Å². The molecule has 1 spiro atoms. The Morgan fingerprint density at radius 3 is 2.30 bits per heavy atom. The number of hydrogen-bond acceptors (Lipinski definition) is 1. The number of nitrogens with zero attached hydrogens (tertiary/aromatic N) is 1. The highest BCUT2D eigenvalue weighted by Gasteiger charge is 2.40. The lowest BCUT2D eigenvalue weighted by molar-refractivity contribution is 0.152. The van der Waals surface area contributed by atoms with Crippen molar-refractivity contribution < 1.29 is 0 Å². The number of halogens is 1. The fourth-order valence-electron chi connectivity index (χ4n) is 4.41. The summed E-state index contributed by atoms with van der Waals surface area (Å²) in [4.78, 5) is 2.63. The molecule has 120 valence electrons. The molecule has 1 heterocycles. The van der Waals surface area contributed by atoms with Gasteiger partial charge >= 0.3 is 0 Å². The molecule has 0 radical (unpaired) electrons. The van der Waals surface area contributed by atoms with Crippen molar-refractivity contribution in [2.24, 2.45) is 0 Å². The SMILES string of the molecule is BrCc1ccc(CN2CCC3(CCc4ccccc43)CC2)cc1. The first-order chi connectivity index (χ1) is 11.3. The number of rotatable bonds is 3. The minimum atomic E-state index is 0.479. The van der Waals surface area contributed by atoms with Crippen LogP contribution in [0.25, 0.3) is 0 Å². The molecule has 1 nitrogen and oxygen atoms in total. The Morgan fingerprint density at radius 1 is 0.870 bits per heavy atom. The Morgan fingerprint density at radius 2 is 1.57 bits per heavy atom. The molecule has 0 atom stereocenters. The van der Waals surface area contributed by atoms with E-state index in [0.717, 1.165) is 11.9 Å². The second kappa shape index (κ2) is 6.41. The molecule has 23 heavy (non-hydrogen) atoms. The molecule has 0 saturated carbocycles. The highest BCUT2D eigenvalue weighted by atomic mass is 79.9. The van der Waals surface area contributed by atoms with Crippen molar-refractivity contribution >= 4 is 15.9 Å². The van der Waals surface area contributed by atoms with E-state index < -0.39 is 0 Å². The Labute approximate surface area is 147 Å². The molecule has 1 aliphatic carbocycles. The van der Waals surface area contributed by atoms with Crippen LogP contribution in [0, 0.1) is 0 Å². The van der Waals surface area contributed by atoms with Gasteiger partial charge in [0, 0.05) is 11.9 Å². The monoisotopic (exact) mass is 369 g/mol. The topological polar surface area (TPSA) is 3.24 Å². The van der Waals surface area contributed by atoms with E-state index in [1.165, 1.54) is 49.9 Å². The molecule has 2 heteroatoms. The Balaban J connectivity index is 1.41. The van der Waals surface area contributed by atoms with Gasteiger partial charge < -0.3 is 0 Å². The fourth-order valence-corrected chi connectivity index (χ4v) is 4.79. The number of alkyl halides is 1. The van der Waals surface area contributed by atoms with E-state index in [1.54, 1.807) is 11.1 Å². The molecular weight excluding hydrogens is 346 g/mol. The normalized spacial score (nSPS) is 19.9. The summed E-state index contributed by atoms with van der Waals surface area (Å²) < 4.78 is 0. The summed E-state index contributed by atoms with van der Waals surface area (Å²) in [6, 6.07) is 18.2. The Hall–Kier alpha value is -1.12. The van der Waals surface area contributed by atoms with E-state index >= 15 is 0 Å². The standard InChI is InChI=1S/C21H24BrN/c22-15-17-5-7-18(8-6-17)16-23-13-11-21(12-14-23)10-9-19-3-1-2-4-20(19)21/h1-8H,9-16H2. The molecular formula is C21H24BrN. The number of aryl methyl sites for hydroxylation is 1. The highest BCUT2D eigenvalue weighted by molar-refractivity contribution is 9.08. The van der Waals surface area contributed by atoms with Crippen molar-refractivity contribution in [3.63, 3.8) is 0 Å². The average molecular weight is 370 g/mol. The summed E-state index contributed by atoms with van der Waals surface area (Å²) in [5.74, 6) is 0. The quantitative estimate of drug-likeness (QED) is 0.683. The largest absolute Gasteiger partial charge is 0.299 e. The molecule has 1 aliphatic heterocycles. The van der Waals surface area contributed by atoms with Gasteiger partial charge in [0.05, 0.1) is 0 Å². The summed E-state index contributed by atoms with van der Waals surface area (Å²) in [6.07, 6.45) is 5.29. The molecule has 0 amide bonds. The van der Waals surface area contributed by atoms with Crippen molar-refractivity contribution in [3.05, 3.63) is 70.8 Å². The number of piperidine rings is 1. The summed E-state index contributed by atoms with van der Waals surface area (Å²) in [7, 11) is 0. The van der Waals surface area contributed by atoms with Crippen LogP contribution in [0.2, 0.25) is 0 Å². The fraction of sp³-hybridized carbons (Fsp3) is 0.429. The third-order valence-corrected chi connectivity index (χ3v) is 6.51. The smallest absolute Gasteiger partial charge is 0.0283 e. The van der Waals surface area contributed by atoms with Crippen LogP contribution in [0.4, 0.5) is 0 Å². The molecule has 2 aromatic carbocycles. The second-order valence-electron chi connectivity index (χ2n) is 7.16. The van der Waals surface area contributed by atoms with E-state index in [1.807, 2.05) is 0 Å². The zero-order valence-corrected chi connectivity index (χ0v) is 15.2. The van der Waals surface area contributed by atoms with Crippen LogP contribution in [0.3, 0.4) is 0 Å². The van der Waals surface area contributed by atoms with E-state index in [-0.39, 0.29) is 0 Å². The van der Waals surface area contributed by atoms with Gasteiger partial charge in [0.2, 0.25) is 0 Å². The predicted molar refractivity (Wildman–Crippen MR) is 100 cm³/mol. The van der Waals surface area contributed by atoms with Crippen LogP contribution in [-0.2, 0) is 23.7 Å².